The van der Waals surface area contributed by atoms with Crippen molar-refractivity contribution in [2.75, 3.05) is 6.54 Å². The van der Waals surface area contributed by atoms with Crippen LogP contribution in [0.5, 0.6) is 0 Å². The van der Waals surface area contributed by atoms with Crippen LogP contribution in [-0.4, -0.2) is 25.3 Å². The zero-order valence-corrected chi connectivity index (χ0v) is 11.8. The second kappa shape index (κ2) is 4.89. The predicted octanol–water partition coefficient (Wildman–Crippen LogP) is 1.46. The van der Waals surface area contributed by atoms with Crippen LogP contribution in [-0.2, 0) is 22.3 Å². The average Bonchev–Trinajstić information content (AvgIpc) is 3.01. The van der Waals surface area contributed by atoms with Crippen molar-refractivity contribution in [2.45, 2.75) is 37.6 Å². The summed E-state index contributed by atoms with van der Waals surface area (Å²) in [6.45, 7) is 1.11. The Hall–Kier alpha value is -0.910. The molecule has 1 aromatic rings. The van der Waals surface area contributed by atoms with Gasteiger partial charge >= 0.3 is 0 Å². The van der Waals surface area contributed by atoms with Gasteiger partial charge in [-0.3, -0.25) is 0 Å². The van der Waals surface area contributed by atoms with E-state index >= 15 is 0 Å². The van der Waals surface area contributed by atoms with Gasteiger partial charge in [-0.2, -0.15) is 4.31 Å². The highest BCUT2D eigenvalue weighted by Crippen LogP contribution is 2.39. The summed E-state index contributed by atoms with van der Waals surface area (Å²) in [4.78, 5) is 0. The zero-order chi connectivity index (χ0) is 13.5. The summed E-state index contributed by atoms with van der Waals surface area (Å²) in [5, 5.41) is 0. The molecule has 2 N–H and O–H groups in total. The first kappa shape index (κ1) is 13.1. The van der Waals surface area contributed by atoms with E-state index in [1.54, 1.807) is 4.31 Å². The molecule has 1 heterocycles. The lowest BCUT2D eigenvalue weighted by Gasteiger charge is -2.26. The van der Waals surface area contributed by atoms with Crippen molar-refractivity contribution >= 4 is 10.0 Å². The molecule has 19 heavy (non-hydrogen) atoms. The molecule has 5 heteroatoms. The van der Waals surface area contributed by atoms with Crippen LogP contribution in [0.4, 0.5) is 0 Å². The fourth-order valence-corrected chi connectivity index (χ4v) is 5.32. The topological polar surface area (TPSA) is 63.4 Å². The molecule has 2 unspecified atom stereocenters. The highest BCUT2D eigenvalue weighted by molar-refractivity contribution is 7.88. The Kier molecular flexibility index (Phi) is 3.37. The van der Waals surface area contributed by atoms with Crippen LogP contribution >= 0.6 is 0 Å². The van der Waals surface area contributed by atoms with Gasteiger partial charge in [0.1, 0.15) is 0 Å². The van der Waals surface area contributed by atoms with E-state index in [4.69, 9.17) is 5.73 Å². The average molecular weight is 280 g/mol. The standard InChI is InChI=1S/C14H20N2O2S/c15-8-12-3-1-2-4-13(12)10-19(17,18)16-9-11-5-6-14(16)7-11/h1-4,11,14H,5-10,15H2. The molecule has 2 atom stereocenters. The highest BCUT2D eigenvalue weighted by atomic mass is 32.2. The Labute approximate surface area is 114 Å². The first-order valence-electron chi connectivity index (χ1n) is 6.86. The largest absolute Gasteiger partial charge is 0.326 e. The second-order valence-electron chi connectivity index (χ2n) is 5.63. The summed E-state index contributed by atoms with van der Waals surface area (Å²) in [5.41, 5.74) is 7.44. The van der Waals surface area contributed by atoms with Crippen molar-refractivity contribution in [3.05, 3.63) is 35.4 Å². The maximum Gasteiger partial charge on any atom is 0.218 e. The third-order valence-corrected chi connectivity index (χ3v) is 6.23. The molecule has 1 saturated carbocycles. The number of piperidine rings is 1. The molecule has 0 spiro atoms. The summed E-state index contributed by atoms with van der Waals surface area (Å²) in [5.74, 6) is 0.674. The lowest BCUT2D eigenvalue weighted by atomic mass is 10.1. The summed E-state index contributed by atoms with van der Waals surface area (Å²) >= 11 is 0. The second-order valence-corrected chi connectivity index (χ2v) is 7.55. The molecule has 2 bridgehead atoms. The lowest BCUT2D eigenvalue weighted by Crippen LogP contribution is -2.38. The molecular formula is C14H20N2O2S. The molecule has 1 aliphatic heterocycles. The third-order valence-electron chi connectivity index (χ3n) is 4.39. The number of hydrogen-bond acceptors (Lipinski definition) is 3. The van der Waals surface area contributed by atoms with Gasteiger partial charge in [0.15, 0.2) is 0 Å². The highest BCUT2D eigenvalue weighted by Gasteiger charge is 2.43. The maximum atomic E-state index is 12.5. The van der Waals surface area contributed by atoms with Crippen LogP contribution in [0, 0.1) is 5.92 Å². The van der Waals surface area contributed by atoms with Crippen molar-refractivity contribution in [2.24, 2.45) is 11.7 Å². The van der Waals surface area contributed by atoms with Crippen LogP contribution in [0.25, 0.3) is 0 Å². The minimum Gasteiger partial charge on any atom is -0.326 e. The minimum atomic E-state index is -3.20. The van der Waals surface area contributed by atoms with Crippen molar-refractivity contribution < 1.29 is 8.42 Å². The zero-order valence-electron chi connectivity index (χ0n) is 11.0. The van der Waals surface area contributed by atoms with Gasteiger partial charge in [0.2, 0.25) is 10.0 Å². The van der Waals surface area contributed by atoms with Crippen LogP contribution in [0.2, 0.25) is 0 Å². The Morgan fingerprint density at radius 2 is 1.95 bits per heavy atom. The van der Waals surface area contributed by atoms with E-state index in [0.29, 0.717) is 12.5 Å². The molecule has 1 saturated heterocycles. The van der Waals surface area contributed by atoms with Crippen LogP contribution in [0.15, 0.2) is 24.3 Å². The number of nitrogens with two attached hydrogens (primary N) is 1. The van der Waals surface area contributed by atoms with E-state index in [1.165, 1.54) is 6.42 Å². The molecule has 104 valence electrons. The monoisotopic (exact) mass is 280 g/mol. The molecule has 0 amide bonds. The van der Waals surface area contributed by atoms with E-state index in [1.807, 2.05) is 24.3 Å². The van der Waals surface area contributed by atoms with Gasteiger partial charge in [-0.15, -0.1) is 0 Å². The molecule has 1 aromatic carbocycles. The normalized spacial score (nSPS) is 27.0. The first-order chi connectivity index (χ1) is 9.10. The molecule has 0 radical (unpaired) electrons. The van der Waals surface area contributed by atoms with Gasteiger partial charge in [-0.25, -0.2) is 8.42 Å². The smallest absolute Gasteiger partial charge is 0.218 e. The van der Waals surface area contributed by atoms with Gasteiger partial charge in [0.25, 0.3) is 0 Å². The number of sulfonamides is 1. The Morgan fingerprint density at radius 3 is 2.53 bits per heavy atom. The predicted molar refractivity (Wildman–Crippen MR) is 74.8 cm³/mol. The summed E-state index contributed by atoms with van der Waals surface area (Å²) < 4.78 is 26.8. The summed E-state index contributed by atoms with van der Waals surface area (Å²) in [6, 6.07) is 7.80. The van der Waals surface area contributed by atoms with E-state index in [-0.39, 0.29) is 11.8 Å². The third kappa shape index (κ3) is 2.42. The Bertz CT molecular complexity index is 571. The molecule has 4 nitrogen and oxygen atoms in total. The SMILES string of the molecule is NCc1ccccc1CS(=O)(=O)N1CC2CCC1C2. The molecule has 1 aliphatic carbocycles. The van der Waals surface area contributed by atoms with Gasteiger partial charge < -0.3 is 5.73 Å². The number of fused-ring (bicyclic) bond motifs is 2. The minimum absolute atomic E-state index is 0.0869. The number of nitrogens with zero attached hydrogens (tertiary/aromatic N) is 1. The Balaban J connectivity index is 1.82. The van der Waals surface area contributed by atoms with E-state index in [0.717, 1.165) is 30.5 Å². The Morgan fingerprint density at radius 1 is 1.21 bits per heavy atom. The van der Waals surface area contributed by atoms with Gasteiger partial charge in [0.05, 0.1) is 5.75 Å². The molecule has 2 aliphatic rings. The molecule has 2 fully saturated rings. The van der Waals surface area contributed by atoms with E-state index < -0.39 is 10.0 Å². The van der Waals surface area contributed by atoms with Gasteiger partial charge in [0, 0.05) is 19.1 Å². The summed E-state index contributed by atoms with van der Waals surface area (Å²) in [6.07, 6.45) is 3.27. The van der Waals surface area contributed by atoms with E-state index in [9.17, 15) is 8.42 Å². The van der Waals surface area contributed by atoms with Crippen molar-refractivity contribution in [3.8, 4) is 0 Å². The van der Waals surface area contributed by atoms with Crippen LogP contribution < -0.4 is 5.73 Å². The van der Waals surface area contributed by atoms with Crippen LogP contribution in [0.1, 0.15) is 30.4 Å². The van der Waals surface area contributed by atoms with Crippen molar-refractivity contribution in [3.63, 3.8) is 0 Å². The van der Waals surface area contributed by atoms with Crippen molar-refractivity contribution in [1.29, 1.82) is 0 Å². The maximum absolute atomic E-state index is 12.5. The molecule has 0 aromatic heterocycles. The quantitative estimate of drug-likeness (QED) is 0.908. The number of hydrogen-bond donors (Lipinski definition) is 1. The molecular weight excluding hydrogens is 260 g/mol. The number of rotatable bonds is 4. The fourth-order valence-electron chi connectivity index (χ4n) is 3.40. The van der Waals surface area contributed by atoms with E-state index in [2.05, 4.69) is 0 Å². The van der Waals surface area contributed by atoms with Gasteiger partial charge in [-0.1, -0.05) is 24.3 Å². The van der Waals surface area contributed by atoms with Crippen molar-refractivity contribution in [1.82, 2.24) is 4.31 Å². The lowest BCUT2D eigenvalue weighted by molar-refractivity contribution is 0.333. The number of benzene rings is 1. The fraction of sp³-hybridized carbons (Fsp3) is 0.571. The first-order valence-corrected chi connectivity index (χ1v) is 8.47. The summed E-state index contributed by atoms with van der Waals surface area (Å²) in [7, 11) is -3.20. The van der Waals surface area contributed by atoms with Gasteiger partial charge in [-0.05, 0) is 36.3 Å². The van der Waals surface area contributed by atoms with Crippen LogP contribution in [0.3, 0.4) is 0 Å². The molecule has 3 rings (SSSR count).